The molecule has 3 rings (SSSR count). The molecule has 0 saturated heterocycles. The first-order valence-corrected chi connectivity index (χ1v) is 11.5. The summed E-state index contributed by atoms with van der Waals surface area (Å²) in [6.45, 7) is 0. The Morgan fingerprint density at radius 1 is 0.871 bits per heavy atom. The van der Waals surface area contributed by atoms with E-state index in [1.165, 1.54) is 23.5 Å². The first kappa shape index (κ1) is 22.3. The average molecular weight is 467 g/mol. The molecule has 2 aromatic carbocycles. The predicted octanol–water partition coefficient (Wildman–Crippen LogP) is 3.74. The van der Waals surface area contributed by atoms with E-state index >= 15 is 0 Å². The van der Waals surface area contributed by atoms with Gasteiger partial charge in [0.15, 0.2) is 4.34 Å². The Labute approximate surface area is 190 Å². The maximum Gasteiger partial charge on any atom is 0.234 e. The minimum Gasteiger partial charge on any atom is -0.324 e. The molecule has 0 bridgehead atoms. The Kier molecular flexibility index (Phi) is 8.01. The number of carbonyl (C=O) groups excluding carboxylic acids is 2. The number of nitriles is 2. The van der Waals surface area contributed by atoms with Gasteiger partial charge < -0.3 is 10.6 Å². The molecule has 0 saturated carbocycles. The summed E-state index contributed by atoms with van der Waals surface area (Å²) >= 11 is 3.53. The van der Waals surface area contributed by atoms with Crippen LogP contribution in [-0.4, -0.2) is 32.7 Å². The molecule has 0 aliphatic heterocycles. The van der Waals surface area contributed by atoms with Gasteiger partial charge in [0.25, 0.3) is 0 Å². The van der Waals surface area contributed by atoms with Gasteiger partial charge in [0.2, 0.25) is 17.0 Å². The first-order valence-electron chi connectivity index (χ1n) is 8.76. The van der Waals surface area contributed by atoms with Crippen LogP contribution in [0.15, 0.2) is 58.0 Å². The van der Waals surface area contributed by atoms with Crippen molar-refractivity contribution in [1.29, 1.82) is 10.5 Å². The van der Waals surface area contributed by atoms with Crippen LogP contribution in [0.2, 0.25) is 0 Å². The van der Waals surface area contributed by atoms with Gasteiger partial charge in [-0.05, 0) is 35.8 Å². The van der Waals surface area contributed by atoms with Crippen LogP contribution in [0, 0.1) is 22.7 Å². The van der Waals surface area contributed by atoms with Crippen LogP contribution in [-0.2, 0) is 9.59 Å². The molecule has 0 aliphatic carbocycles. The van der Waals surface area contributed by atoms with Gasteiger partial charge in [-0.2, -0.15) is 14.9 Å². The summed E-state index contributed by atoms with van der Waals surface area (Å²) < 4.78 is 4.78. The van der Waals surface area contributed by atoms with E-state index in [-0.39, 0.29) is 23.3 Å². The number of carbonyl (C=O) groups is 2. The van der Waals surface area contributed by atoms with Crippen molar-refractivity contribution in [3.8, 4) is 12.1 Å². The van der Waals surface area contributed by atoms with Crippen LogP contribution in [0.25, 0.3) is 0 Å². The number of thioether (sulfide) groups is 2. The zero-order valence-electron chi connectivity index (χ0n) is 15.9. The van der Waals surface area contributed by atoms with Gasteiger partial charge in [-0.25, -0.2) is 4.98 Å². The summed E-state index contributed by atoms with van der Waals surface area (Å²) in [6, 6.07) is 17.6. The number of benzene rings is 2. The van der Waals surface area contributed by atoms with Crippen molar-refractivity contribution >= 4 is 58.2 Å². The first-order chi connectivity index (χ1) is 15.1. The highest BCUT2D eigenvalue weighted by Gasteiger charge is 2.12. The van der Waals surface area contributed by atoms with Crippen molar-refractivity contribution in [3.05, 3.63) is 59.7 Å². The molecular formula is C20H14N6O2S3. The summed E-state index contributed by atoms with van der Waals surface area (Å²) in [7, 11) is 0. The highest BCUT2D eigenvalue weighted by atomic mass is 32.2. The van der Waals surface area contributed by atoms with E-state index in [0.717, 1.165) is 11.5 Å². The molecule has 0 atom stereocenters. The maximum atomic E-state index is 12.1. The van der Waals surface area contributed by atoms with Gasteiger partial charge in [0, 0.05) is 0 Å². The van der Waals surface area contributed by atoms with E-state index in [9.17, 15) is 9.59 Å². The molecule has 0 radical (unpaired) electrons. The van der Waals surface area contributed by atoms with Crippen molar-refractivity contribution in [1.82, 2.24) is 9.36 Å². The molecule has 8 nitrogen and oxygen atoms in total. The van der Waals surface area contributed by atoms with Gasteiger partial charge in [-0.15, -0.1) is 0 Å². The fourth-order valence-electron chi connectivity index (χ4n) is 2.32. The smallest absolute Gasteiger partial charge is 0.234 e. The van der Waals surface area contributed by atoms with Crippen LogP contribution in [0.1, 0.15) is 11.1 Å². The van der Waals surface area contributed by atoms with E-state index in [1.807, 2.05) is 12.1 Å². The van der Waals surface area contributed by atoms with E-state index < -0.39 is 0 Å². The Morgan fingerprint density at radius 2 is 1.39 bits per heavy atom. The van der Waals surface area contributed by atoms with Crippen LogP contribution in [0.5, 0.6) is 0 Å². The lowest BCUT2D eigenvalue weighted by Gasteiger charge is -2.05. The number of nitrogens with zero attached hydrogens (tertiary/aromatic N) is 4. The molecule has 1 aromatic heterocycles. The zero-order chi connectivity index (χ0) is 22.1. The highest BCUT2D eigenvalue weighted by Crippen LogP contribution is 2.25. The number of rotatable bonds is 8. The topological polar surface area (TPSA) is 132 Å². The van der Waals surface area contributed by atoms with Crippen molar-refractivity contribution < 1.29 is 9.59 Å². The summed E-state index contributed by atoms with van der Waals surface area (Å²) in [5.74, 6) is -0.323. The summed E-state index contributed by atoms with van der Waals surface area (Å²) in [6.07, 6.45) is 0. The molecule has 2 amide bonds. The molecule has 2 N–H and O–H groups in total. The Balaban J connectivity index is 1.46. The lowest BCUT2D eigenvalue weighted by molar-refractivity contribution is -0.114. The second-order valence-corrected chi connectivity index (χ2v) is 8.75. The Hall–Kier alpha value is -3.38. The van der Waals surface area contributed by atoms with E-state index in [0.29, 0.717) is 32.0 Å². The number of aromatic nitrogens is 2. The number of hydrogen-bond donors (Lipinski definition) is 2. The third-order valence-electron chi connectivity index (χ3n) is 3.69. The van der Waals surface area contributed by atoms with Crippen molar-refractivity contribution in [3.63, 3.8) is 0 Å². The predicted molar refractivity (Wildman–Crippen MR) is 121 cm³/mol. The highest BCUT2D eigenvalue weighted by molar-refractivity contribution is 8.02. The van der Waals surface area contributed by atoms with E-state index in [1.54, 1.807) is 48.5 Å². The fourth-order valence-corrected chi connectivity index (χ4v) is 4.55. The molecule has 11 heteroatoms. The summed E-state index contributed by atoms with van der Waals surface area (Å²) in [5.41, 5.74) is 1.71. The standard InChI is InChI=1S/C20H14N6O2S3/c21-9-13-5-1-3-7-15(13)23-17(27)11-29-19-25-20(31-26-19)30-12-18(28)24-16-8-4-2-6-14(16)10-22/h1-8H,11-12H2,(H,23,27)(H,24,28). The summed E-state index contributed by atoms with van der Waals surface area (Å²) in [4.78, 5) is 28.6. The van der Waals surface area contributed by atoms with Gasteiger partial charge in [0.05, 0.1) is 34.0 Å². The van der Waals surface area contributed by atoms with Crippen LogP contribution in [0.3, 0.4) is 0 Å². The molecule has 0 aliphatic rings. The van der Waals surface area contributed by atoms with Crippen molar-refractivity contribution in [2.75, 3.05) is 22.1 Å². The Morgan fingerprint density at radius 3 is 1.94 bits per heavy atom. The molecular weight excluding hydrogens is 452 g/mol. The number of nitrogens with one attached hydrogen (secondary N) is 2. The van der Waals surface area contributed by atoms with E-state index in [4.69, 9.17) is 10.5 Å². The second-order valence-electron chi connectivity index (χ2n) is 5.83. The third-order valence-corrected chi connectivity index (χ3v) is 6.49. The molecule has 0 fully saturated rings. The zero-order valence-corrected chi connectivity index (χ0v) is 18.3. The van der Waals surface area contributed by atoms with E-state index in [2.05, 4.69) is 20.0 Å². The quantitative estimate of drug-likeness (QED) is 0.480. The lowest BCUT2D eigenvalue weighted by Crippen LogP contribution is -2.15. The average Bonchev–Trinajstić information content (AvgIpc) is 3.25. The monoisotopic (exact) mass is 466 g/mol. The molecule has 1 heterocycles. The third kappa shape index (κ3) is 6.55. The number of hydrogen-bond acceptors (Lipinski definition) is 9. The Bertz CT molecular complexity index is 1090. The van der Waals surface area contributed by atoms with Crippen molar-refractivity contribution in [2.45, 2.75) is 9.50 Å². The summed E-state index contributed by atoms with van der Waals surface area (Å²) in [5, 5.41) is 24.0. The van der Waals surface area contributed by atoms with Gasteiger partial charge >= 0.3 is 0 Å². The molecule has 0 spiro atoms. The van der Waals surface area contributed by atoms with Gasteiger partial charge in [-0.1, -0.05) is 47.8 Å². The number of para-hydroxylation sites is 2. The second kappa shape index (κ2) is 11.1. The normalized spacial score (nSPS) is 10.0. The minimum absolute atomic E-state index is 0.0893. The molecule has 154 valence electrons. The van der Waals surface area contributed by atoms with Crippen LogP contribution in [0.4, 0.5) is 11.4 Å². The fraction of sp³-hybridized carbons (Fsp3) is 0.100. The number of anilines is 2. The number of amides is 2. The maximum absolute atomic E-state index is 12.1. The van der Waals surface area contributed by atoms with Gasteiger partial charge in [0.1, 0.15) is 12.1 Å². The minimum atomic E-state index is -0.271. The lowest BCUT2D eigenvalue weighted by atomic mass is 10.2. The van der Waals surface area contributed by atoms with Crippen LogP contribution >= 0.6 is 35.1 Å². The van der Waals surface area contributed by atoms with Crippen LogP contribution < -0.4 is 10.6 Å². The van der Waals surface area contributed by atoms with Gasteiger partial charge in [-0.3, -0.25) is 9.59 Å². The molecule has 0 unspecified atom stereocenters. The SMILES string of the molecule is N#Cc1ccccc1NC(=O)CSc1nsc(SCC(=O)Nc2ccccc2C#N)n1. The van der Waals surface area contributed by atoms with Crippen molar-refractivity contribution in [2.24, 2.45) is 0 Å². The molecule has 31 heavy (non-hydrogen) atoms. The largest absolute Gasteiger partial charge is 0.324 e. The molecule has 3 aromatic rings.